The largest absolute Gasteiger partial charge is 0.505 e. The van der Waals surface area contributed by atoms with Crippen LogP contribution in [0.4, 0.5) is 0 Å². The molecule has 0 unspecified atom stereocenters. The Hall–Kier alpha value is -1.13. The van der Waals surface area contributed by atoms with Crippen LogP contribution in [-0.2, 0) is 0 Å². The zero-order valence-corrected chi connectivity index (χ0v) is 12.3. The summed E-state index contributed by atoms with van der Waals surface area (Å²) in [6.07, 6.45) is 2.75. The van der Waals surface area contributed by atoms with Crippen LogP contribution in [-0.4, -0.2) is 23.1 Å². The number of methoxy groups -OCH3 is 1. The standard InChI is InChI=1S/C13H16Cl2O4/c1-3-4-5-6-7(16)8-11(17)9(14)13(19-2)10(15)12(8)18/h17-18H,3-6H2,1-2H3. The van der Waals surface area contributed by atoms with E-state index in [-0.39, 0.29) is 27.8 Å². The topological polar surface area (TPSA) is 66.8 Å². The van der Waals surface area contributed by atoms with Gasteiger partial charge in [-0.15, -0.1) is 0 Å². The van der Waals surface area contributed by atoms with Crippen molar-refractivity contribution in [2.75, 3.05) is 7.11 Å². The molecule has 0 saturated carbocycles. The number of ether oxygens (including phenoxy) is 1. The van der Waals surface area contributed by atoms with Gasteiger partial charge in [0.05, 0.1) is 7.11 Å². The summed E-state index contributed by atoms with van der Waals surface area (Å²) in [4.78, 5) is 12.0. The van der Waals surface area contributed by atoms with Crippen LogP contribution in [0, 0.1) is 0 Å². The third-order valence-corrected chi connectivity index (χ3v) is 3.48. The second-order valence-corrected chi connectivity index (χ2v) is 4.87. The SMILES string of the molecule is CCCCCC(=O)c1c(O)c(Cl)c(OC)c(Cl)c1O. The average Bonchev–Trinajstić information content (AvgIpc) is 2.38. The second-order valence-electron chi connectivity index (χ2n) is 4.11. The van der Waals surface area contributed by atoms with Gasteiger partial charge in [0, 0.05) is 6.42 Å². The van der Waals surface area contributed by atoms with Crippen LogP contribution in [0.15, 0.2) is 0 Å². The van der Waals surface area contributed by atoms with Crippen molar-refractivity contribution in [3.8, 4) is 17.2 Å². The van der Waals surface area contributed by atoms with Gasteiger partial charge in [-0.3, -0.25) is 4.79 Å². The Morgan fingerprint density at radius 2 is 1.68 bits per heavy atom. The van der Waals surface area contributed by atoms with Crippen molar-refractivity contribution in [2.45, 2.75) is 32.6 Å². The lowest BCUT2D eigenvalue weighted by molar-refractivity contribution is 0.0974. The predicted octanol–water partition coefficient (Wildman–Crippen LogP) is 4.18. The van der Waals surface area contributed by atoms with Crippen molar-refractivity contribution in [3.05, 3.63) is 15.6 Å². The summed E-state index contributed by atoms with van der Waals surface area (Å²) >= 11 is 11.7. The van der Waals surface area contributed by atoms with Crippen molar-refractivity contribution in [1.29, 1.82) is 0 Å². The van der Waals surface area contributed by atoms with Gasteiger partial charge in [0.2, 0.25) is 0 Å². The van der Waals surface area contributed by atoms with Gasteiger partial charge in [-0.25, -0.2) is 0 Å². The zero-order chi connectivity index (χ0) is 14.6. The molecule has 0 bridgehead atoms. The average molecular weight is 307 g/mol. The number of hydrogen-bond acceptors (Lipinski definition) is 4. The minimum Gasteiger partial charge on any atom is -0.505 e. The molecule has 1 rings (SSSR count). The highest BCUT2D eigenvalue weighted by molar-refractivity contribution is 6.40. The fourth-order valence-corrected chi connectivity index (χ4v) is 2.33. The van der Waals surface area contributed by atoms with E-state index in [1.54, 1.807) is 0 Å². The third kappa shape index (κ3) is 3.25. The maximum Gasteiger partial charge on any atom is 0.170 e. The lowest BCUT2D eigenvalue weighted by Gasteiger charge is -2.13. The van der Waals surface area contributed by atoms with Crippen molar-refractivity contribution < 1.29 is 19.7 Å². The molecule has 0 aliphatic rings. The zero-order valence-electron chi connectivity index (χ0n) is 10.8. The van der Waals surface area contributed by atoms with E-state index < -0.39 is 17.3 Å². The van der Waals surface area contributed by atoms with Crippen molar-refractivity contribution in [3.63, 3.8) is 0 Å². The van der Waals surface area contributed by atoms with E-state index in [4.69, 9.17) is 27.9 Å². The quantitative estimate of drug-likeness (QED) is 0.611. The summed E-state index contributed by atoms with van der Waals surface area (Å²) < 4.78 is 4.88. The molecule has 0 saturated heterocycles. The molecule has 0 aromatic heterocycles. The molecule has 6 heteroatoms. The Morgan fingerprint density at radius 1 is 1.16 bits per heavy atom. The van der Waals surface area contributed by atoms with Gasteiger partial charge in [0.1, 0.15) is 15.6 Å². The number of phenolic OH excluding ortho intramolecular Hbond substituents is 2. The number of unbranched alkanes of at least 4 members (excludes halogenated alkanes) is 2. The van der Waals surface area contributed by atoms with Crippen LogP contribution in [0.1, 0.15) is 43.0 Å². The van der Waals surface area contributed by atoms with Crippen molar-refractivity contribution in [2.24, 2.45) is 0 Å². The van der Waals surface area contributed by atoms with Gasteiger partial charge >= 0.3 is 0 Å². The Bertz CT molecular complexity index is 457. The highest BCUT2D eigenvalue weighted by Crippen LogP contribution is 2.48. The Morgan fingerprint density at radius 3 is 2.11 bits per heavy atom. The molecule has 0 fully saturated rings. The first kappa shape index (κ1) is 15.9. The summed E-state index contributed by atoms with van der Waals surface area (Å²) in [7, 11) is 1.30. The van der Waals surface area contributed by atoms with Gasteiger partial charge in [-0.1, -0.05) is 43.0 Å². The monoisotopic (exact) mass is 306 g/mol. The number of ketones is 1. The minimum absolute atomic E-state index is 0.0524. The number of phenols is 2. The molecule has 1 aromatic rings. The smallest absolute Gasteiger partial charge is 0.170 e. The number of halogens is 2. The summed E-state index contributed by atoms with van der Waals surface area (Å²) in [5, 5.41) is 19.4. The van der Waals surface area contributed by atoms with E-state index in [0.717, 1.165) is 12.8 Å². The van der Waals surface area contributed by atoms with Crippen LogP contribution in [0.25, 0.3) is 0 Å². The van der Waals surface area contributed by atoms with Gasteiger partial charge in [-0.2, -0.15) is 0 Å². The molecular weight excluding hydrogens is 291 g/mol. The molecule has 2 N–H and O–H groups in total. The highest BCUT2D eigenvalue weighted by Gasteiger charge is 2.26. The first-order valence-electron chi connectivity index (χ1n) is 5.95. The predicted molar refractivity (Wildman–Crippen MR) is 74.8 cm³/mol. The molecule has 1 aromatic carbocycles. The normalized spacial score (nSPS) is 10.5. The van der Waals surface area contributed by atoms with Crippen LogP contribution in [0.3, 0.4) is 0 Å². The fraction of sp³-hybridized carbons (Fsp3) is 0.462. The molecular formula is C13H16Cl2O4. The third-order valence-electron chi connectivity index (χ3n) is 2.78. The van der Waals surface area contributed by atoms with Crippen LogP contribution < -0.4 is 4.74 Å². The Labute approximate surface area is 121 Å². The number of carbonyl (C=O) groups is 1. The lowest BCUT2D eigenvalue weighted by atomic mass is 10.0. The lowest BCUT2D eigenvalue weighted by Crippen LogP contribution is -2.02. The number of rotatable bonds is 6. The van der Waals surface area contributed by atoms with Crippen LogP contribution >= 0.6 is 23.2 Å². The molecule has 0 amide bonds. The second kappa shape index (κ2) is 6.87. The van der Waals surface area contributed by atoms with Crippen LogP contribution in [0.2, 0.25) is 10.0 Å². The van der Waals surface area contributed by atoms with E-state index >= 15 is 0 Å². The summed E-state index contributed by atoms with van der Waals surface area (Å²) in [5.41, 5.74) is -0.244. The van der Waals surface area contributed by atoms with Crippen molar-refractivity contribution in [1.82, 2.24) is 0 Å². The molecule has 0 aliphatic carbocycles. The first-order chi connectivity index (χ1) is 8.95. The van der Waals surface area contributed by atoms with E-state index in [0.29, 0.717) is 6.42 Å². The number of carbonyl (C=O) groups excluding carboxylic acids is 1. The molecule has 0 aliphatic heterocycles. The van der Waals surface area contributed by atoms with Crippen molar-refractivity contribution >= 4 is 29.0 Å². The van der Waals surface area contributed by atoms with Gasteiger partial charge in [-0.05, 0) is 6.42 Å². The maximum atomic E-state index is 12.0. The van der Waals surface area contributed by atoms with E-state index in [9.17, 15) is 15.0 Å². The Balaban J connectivity index is 3.18. The minimum atomic E-state index is -0.498. The Kier molecular flexibility index (Phi) is 5.76. The number of benzene rings is 1. The molecule has 0 spiro atoms. The molecule has 4 nitrogen and oxygen atoms in total. The fourth-order valence-electron chi connectivity index (χ4n) is 1.75. The highest BCUT2D eigenvalue weighted by atomic mass is 35.5. The molecule has 0 radical (unpaired) electrons. The molecule has 106 valence electrons. The van der Waals surface area contributed by atoms with Gasteiger partial charge < -0.3 is 14.9 Å². The van der Waals surface area contributed by atoms with E-state index in [1.165, 1.54) is 7.11 Å². The first-order valence-corrected chi connectivity index (χ1v) is 6.71. The van der Waals surface area contributed by atoms with E-state index in [2.05, 4.69) is 0 Å². The van der Waals surface area contributed by atoms with Crippen LogP contribution in [0.5, 0.6) is 17.2 Å². The summed E-state index contributed by atoms with van der Waals surface area (Å²) in [5.74, 6) is -1.44. The molecule has 0 atom stereocenters. The number of Topliss-reactive ketones (excluding diaryl/α,β-unsaturated/α-hetero) is 1. The maximum absolute atomic E-state index is 12.0. The van der Waals surface area contributed by atoms with Gasteiger partial charge in [0.25, 0.3) is 0 Å². The van der Waals surface area contributed by atoms with E-state index in [1.807, 2.05) is 6.92 Å². The number of aromatic hydroxyl groups is 2. The summed E-state index contributed by atoms with van der Waals surface area (Å²) in [6, 6.07) is 0. The molecule has 19 heavy (non-hydrogen) atoms. The number of hydrogen-bond donors (Lipinski definition) is 2. The summed E-state index contributed by atoms with van der Waals surface area (Å²) in [6.45, 7) is 2.01. The van der Waals surface area contributed by atoms with Gasteiger partial charge in [0.15, 0.2) is 23.0 Å². The molecule has 0 heterocycles.